The van der Waals surface area contributed by atoms with Crippen molar-refractivity contribution in [1.82, 2.24) is 5.32 Å². The highest BCUT2D eigenvalue weighted by Gasteiger charge is 2.23. The molecule has 1 saturated carbocycles. The highest BCUT2D eigenvalue weighted by atomic mass is 19.1. The molecule has 3 heteroatoms. The summed E-state index contributed by atoms with van der Waals surface area (Å²) in [7, 11) is 0. The number of nitrogens with zero attached hydrogens (tertiary/aromatic N) is 1. The lowest BCUT2D eigenvalue weighted by Gasteiger charge is -2.12. The summed E-state index contributed by atoms with van der Waals surface area (Å²) in [6.45, 7) is 0.551. The molecule has 0 aromatic heterocycles. The highest BCUT2D eigenvalue weighted by Crippen LogP contribution is 2.24. The Morgan fingerprint density at radius 3 is 2.88 bits per heavy atom. The molecular weight excluding hydrogens is 203 g/mol. The molecule has 1 aliphatic rings. The minimum atomic E-state index is -0.162. The minimum Gasteiger partial charge on any atom is -0.310 e. The molecule has 1 aliphatic carbocycles. The van der Waals surface area contributed by atoms with E-state index in [1.54, 1.807) is 12.1 Å². The molecule has 0 spiro atoms. The molecule has 0 aliphatic heterocycles. The fourth-order valence-electron chi connectivity index (χ4n) is 2.18. The van der Waals surface area contributed by atoms with E-state index in [0.29, 0.717) is 18.2 Å². The summed E-state index contributed by atoms with van der Waals surface area (Å²) in [6.07, 6.45) is 2.88. The summed E-state index contributed by atoms with van der Waals surface area (Å²) in [5.41, 5.74) is 0.697. The molecule has 0 amide bonds. The maximum absolute atomic E-state index is 13.3. The molecule has 16 heavy (non-hydrogen) atoms. The first-order valence-corrected chi connectivity index (χ1v) is 5.66. The third-order valence-corrected chi connectivity index (χ3v) is 3.15. The monoisotopic (exact) mass is 218 g/mol. The Balaban J connectivity index is 1.85. The lowest BCUT2D eigenvalue weighted by Crippen LogP contribution is -2.26. The molecule has 2 rings (SSSR count). The van der Waals surface area contributed by atoms with Crippen molar-refractivity contribution in [3.8, 4) is 6.07 Å². The van der Waals surface area contributed by atoms with E-state index in [1.807, 2.05) is 6.07 Å². The third-order valence-electron chi connectivity index (χ3n) is 3.15. The molecule has 84 valence electrons. The zero-order chi connectivity index (χ0) is 11.4. The number of nitriles is 1. The zero-order valence-corrected chi connectivity index (χ0v) is 9.12. The average Bonchev–Trinajstić information content (AvgIpc) is 2.76. The summed E-state index contributed by atoms with van der Waals surface area (Å²) in [5, 5.41) is 12.1. The lowest BCUT2D eigenvalue weighted by molar-refractivity contribution is 0.501. The average molecular weight is 218 g/mol. The van der Waals surface area contributed by atoms with Crippen molar-refractivity contribution in [1.29, 1.82) is 5.26 Å². The maximum atomic E-state index is 13.3. The molecule has 1 fully saturated rings. The van der Waals surface area contributed by atoms with Gasteiger partial charge in [0.25, 0.3) is 0 Å². The van der Waals surface area contributed by atoms with Crippen LogP contribution in [0, 0.1) is 23.1 Å². The number of hydrogen-bond acceptors (Lipinski definition) is 2. The van der Waals surface area contributed by atoms with E-state index in [1.165, 1.54) is 6.07 Å². The quantitative estimate of drug-likeness (QED) is 0.846. The van der Waals surface area contributed by atoms with Crippen molar-refractivity contribution < 1.29 is 4.39 Å². The van der Waals surface area contributed by atoms with Gasteiger partial charge in [0.05, 0.1) is 6.07 Å². The second-order valence-corrected chi connectivity index (χ2v) is 4.31. The largest absolute Gasteiger partial charge is 0.310 e. The summed E-state index contributed by atoms with van der Waals surface area (Å²) < 4.78 is 13.3. The van der Waals surface area contributed by atoms with Gasteiger partial charge < -0.3 is 5.32 Å². The van der Waals surface area contributed by atoms with Crippen LogP contribution < -0.4 is 5.32 Å². The summed E-state index contributed by atoms with van der Waals surface area (Å²) in [5.74, 6) is 0.0166. The van der Waals surface area contributed by atoms with Gasteiger partial charge in [0.1, 0.15) is 5.82 Å². The molecule has 0 radical (unpaired) electrons. The molecule has 0 heterocycles. The van der Waals surface area contributed by atoms with Crippen molar-refractivity contribution in [2.45, 2.75) is 31.8 Å². The van der Waals surface area contributed by atoms with Gasteiger partial charge >= 0.3 is 0 Å². The molecule has 1 aromatic carbocycles. The number of nitrogens with one attached hydrogen (secondary N) is 1. The van der Waals surface area contributed by atoms with E-state index >= 15 is 0 Å². The highest BCUT2D eigenvalue weighted by molar-refractivity contribution is 5.17. The maximum Gasteiger partial charge on any atom is 0.127 e. The number of hydrogen-bond donors (Lipinski definition) is 1. The van der Waals surface area contributed by atoms with Gasteiger partial charge in [-0.05, 0) is 25.3 Å². The van der Waals surface area contributed by atoms with Crippen LogP contribution in [-0.4, -0.2) is 6.04 Å². The molecular formula is C13H15FN2. The standard InChI is InChI=1S/C13H15FN2/c14-13-4-2-1-3-11(13)9-16-12-6-5-10(7-12)8-15/h1-4,10,12,16H,5-7,9H2/t10-,12+/m0/s1. The molecule has 0 saturated heterocycles. The number of halogens is 1. The van der Waals surface area contributed by atoms with Crippen LogP contribution in [0.4, 0.5) is 4.39 Å². The smallest absolute Gasteiger partial charge is 0.127 e. The third kappa shape index (κ3) is 2.59. The van der Waals surface area contributed by atoms with E-state index in [4.69, 9.17) is 5.26 Å². The summed E-state index contributed by atoms with van der Waals surface area (Å²) in [6, 6.07) is 9.46. The first-order chi connectivity index (χ1) is 7.79. The van der Waals surface area contributed by atoms with Crippen molar-refractivity contribution in [3.05, 3.63) is 35.6 Å². The van der Waals surface area contributed by atoms with Crippen molar-refractivity contribution in [3.63, 3.8) is 0 Å². The van der Waals surface area contributed by atoms with Crippen LogP contribution in [0.3, 0.4) is 0 Å². The van der Waals surface area contributed by atoms with E-state index in [-0.39, 0.29) is 11.7 Å². The molecule has 2 nitrogen and oxygen atoms in total. The van der Waals surface area contributed by atoms with Crippen molar-refractivity contribution >= 4 is 0 Å². The molecule has 1 aromatic rings. The van der Waals surface area contributed by atoms with Gasteiger partial charge in [-0.15, -0.1) is 0 Å². The first-order valence-electron chi connectivity index (χ1n) is 5.66. The van der Waals surface area contributed by atoms with Gasteiger partial charge in [0, 0.05) is 24.1 Å². The van der Waals surface area contributed by atoms with Gasteiger partial charge in [-0.3, -0.25) is 0 Å². The van der Waals surface area contributed by atoms with E-state index in [9.17, 15) is 4.39 Å². The van der Waals surface area contributed by atoms with Gasteiger partial charge in [-0.2, -0.15) is 5.26 Å². The summed E-state index contributed by atoms with van der Waals surface area (Å²) in [4.78, 5) is 0. The molecule has 2 atom stereocenters. The Bertz CT molecular complexity index is 397. The van der Waals surface area contributed by atoms with Crippen LogP contribution in [0.25, 0.3) is 0 Å². The Morgan fingerprint density at radius 1 is 1.38 bits per heavy atom. The van der Waals surface area contributed by atoms with Crippen LogP contribution in [0.1, 0.15) is 24.8 Å². The van der Waals surface area contributed by atoms with Crippen molar-refractivity contribution in [2.75, 3.05) is 0 Å². The van der Waals surface area contributed by atoms with Crippen LogP contribution in [0.15, 0.2) is 24.3 Å². The van der Waals surface area contributed by atoms with Crippen LogP contribution in [0.2, 0.25) is 0 Å². The van der Waals surface area contributed by atoms with Crippen LogP contribution in [-0.2, 0) is 6.54 Å². The van der Waals surface area contributed by atoms with Crippen LogP contribution in [0.5, 0.6) is 0 Å². The first kappa shape index (κ1) is 11.1. The van der Waals surface area contributed by atoms with E-state index < -0.39 is 0 Å². The Kier molecular flexibility index (Phi) is 3.53. The predicted octanol–water partition coefficient (Wildman–Crippen LogP) is 2.61. The van der Waals surface area contributed by atoms with Gasteiger partial charge in [-0.25, -0.2) is 4.39 Å². The molecule has 0 bridgehead atoms. The molecule has 1 N–H and O–H groups in total. The topological polar surface area (TPSA) is 35.8 Å². The summed E-state index contributed by atoms with van der Waals surface area (Å²) >= 11 is 0. The Hall–Kier alpha value is -1.40. The van der Waals surface area contributed by atoms with Crippen LogP contribution >= 0.6 is 0 Å². The van der Waals surface area contributed by atoms with Gasteiger partial charge in [0.15, 0.2) is 0 Å². The normalized spacial score (nSPS) is 24.2. The Labute approximate surface area is 95.1 Å². The fourth-order valence-corrected chi connectivity index (χ4v) is 2.18. The van der Waals surface area contributed by atoms with Gasteiger partial charge in [-0.1, -0.05) is 18.2 Å². The fraction of sp³-hybridized carbons (Fsp3) is 0.462. The molecule has 0 unspecified atom stereocenters. The second-order valence-electron chi connectivity index (χ2n) is 4.31. The van der Waals surface area contributed by atoms with E-state index in [0.717, 1.165) is 19.3 Å². The predicted molar refractivity (Wildman–Crippen MR) is 60.0 cm³/mol. The SMILES string of the molecule is N#C[C@H]1CC[C@@H](NCc2ccccc2F)C1. The zero-order valence-electron chi connectivity index (χ0n) is 9.12. The lowest BCUT2D eigenvalue weighted by atomic mass is 10.1. The van der Waals surface area contributed by atoms with E-state index in [2.05, 4.69) is 11.4 Å². The number of rotatable bonds is 3. The van der Waals surface area contributed by atoms with Crippen molar-refractivity contribution in [2.24, 2.45) is 5.92 Å². The minimum absolute atomic E-state index is 0.162. The Morgan fingerprint density at radius 2 is 2.19 bits per heavy atom. The number of benzene rings is 1. The van der Waals surface area contributed by atoms with Gasteiger partial charge in [0.2, 0.25) is 0 Å². The second kappa shape index (κ2) is 5.09.